The fourth-order valence-corrected chi connectivity index (χ4v) is 4.68. The molecule has 2 aromatic rings. The predicted molar refractivity (Wildman–Crippen MR) is 120 cm³/mol. The first-order chi connectivity index (χ1) is 14.8. The number of pyridine rings is 1. The minimum absolute atomic E-state index is 0.0257. The number of carbonyl (C=O) groups excluding carboxylic acids is 2. The maximum atomic E-state index is 13.1. The molecule has 164 valence electrons. The van der Waals surface area contributed by atoms with Gasteiger partial charge in [-0.15, -0.1) is 0 Å². The number of aryl methyl sites for hydroxylation is 1. The second-order valence-electron chi connectivity index (χ2n) is 9.13. The number of urea groups is 1. The number of piperidine rings is 1. The molecule has 2 bridgehead atoms. The van der Waals surface area contributed by atoms with Crippen LogP contribution in [0.3, 0.4) is 0 Å². The number of nitrogens with zero attached hydrogens (tertiary/aromatic N) is 2. The van der Waals surface area contributed by atoms with Crippen LogP contribution in [0.4, 0.5) is 10.5 Å². The van der Waals surface area contributed by atoms with Gasteiger partial charge in [0.1, 0.15) is 6.04 Å². The van der Waals surface area contributed by atoms with Crippen LogP contribution in [0.15, 0.2) is 47.3 Å². The molecule has 2 N–H and O–H groups in total. The topological polar surface area (TPSA) is 83.4 Å². The maximum absolute atomic E-state index is 13.1. The van der Waals surface area contributed by atoms with E-state index in [0.717, 1.165) is 17.7 Å². The molecule has 1 saturated heterocycles. The van der Waals surface area contributed by atoms with E-state index in [1.165, 1.54) is 0 Å². The first-order valence-corrected chi connectivity index (χ1v) is 10.9. The van der Waals surface area contributed by atoms with E-state index in [1.54, 1.807) is 17.0 Å². The first kappa shape index (κ1) is 21.2. The van der Waals surface area contributed by atoms with Crippen molar-refractivity contribution in [3.8, 4) is 0 Å². The summed E-state index contributed by atoms with van der Waals surface area (Å²) in [6.07, 6.45) is 0.981. The van der Waals surface area contributed by atoms with Crippen LogP contribution >= 0.6 is 0 Å². The molecule has 31 heavy (non-hydrogen) atoms. The fraction of sp³-hybridized carbons (Fsp3) is 0.458. The molecule has 2 aliphatic heterocycles. The fourth-order valence-electron chi connectivity index (χ4n) is 4.68. The van der Waals surface area contributed by atoms with E-state index in [-0.39, 0.29) is 35.3 Å². The molecule has 7 heteroatoms. The summed E-state index contributed by atoms with van der Waals surface area (Å²) in [7, 11) is 0. The number of carbonyl (C=O) groups is 2. The zero-order valence-corrected chi connectivity index (χ0v) is 18.3. The number of hydrogen-bond acceptors (Lipinski definition) is 3. The minimum Gasteiger partial charge on any atom is -0.326 e. The first-order valence-electron chi connectivity index (χ1n) is 10.9. The summed E-state index contributed by atoms with van der Waals surface area (Å²) in [5, 5.41) is 5.86. The Labute approximate surface area is 182 Å². The Morgan fingerprint density at radius 3 is 2.48 bits per heavy atom. The van der Waals surface area contributed by atoms with Crippen molar-refractivity contribution >= 4 is 17.6 Å². The smallest absolute Gasteiger partial charge is 0.318 e. The largest absolute Gasteiger partial charge is 0.326 e. The minimum atomic E-state index is -0.634. The van der Waals surface area contributed by atoms with Crippen LogP contribution in [0.2, 0.25) is 0 Å². The van der Waals surface area contributed by atoms with Crippen LogP contribution in [0.1, 0.15) is 37.4 Å². The molecular formula is C24H30N4O3. The van der Waals surface area contributed by atoms with Crippen molar-refractivity contribution in [2.75, 3.05) is 18.4 Å². The molecule has 0 spiro atoms. The summed E-state index contributed by atoms with van der Waals surface area (Å²) in [4.78, 5) is 40.0. The van der Waals surface area contributed by atoms with Gasteiger partial charge in [-0.1, -0.05) is 37.6 Å². The van der Waals surface area contributed by atoms with Crippen LogP contribution in [-0.4, -0.2) is 40.5 Å². The number of nitrogens with one attached hydrogen (secondary N) is 2. The summed E-state index contributed by atoms with van der Waals surface area (Å²) in [6, 6.07) is 12.1. The van der Waals surface area contributed by atoms with E-state index in [0.29, 0.717) is 25.3 Å². The van der Waals surface area contributed by atoms with Gasteiger partial charge in [-0.05, 0) is 43.4 Å². The zero-order valence-electron chi connectivity index (χ0n) is 18.3. The molecule has 3 amide bonds. The van der Waals surface area contributed by atoms with Crippen LogP contribution in [0, 0.1) is 18.8 Å². The van der Waals surface area contributed by atoms with E-state index >= 15 is 0 Å². The quantitative estimate of drug-likeness (QED) is 0.795. The number of anilines is 1. The van der Waals surface area contributed by atoms with Crippen LogP contribution in [0.25, 0.3) is 0 Å². The van der Waals surface area contributed by atoms with Crippen molar-refractivity contribution in [2.45, 2.75) is 45.7 Å². The van der Waals surface area contributed by atoms with E-state index in [2.05, 4.69) is 10.6 Å². The molecule has 0 saturated carbocycles. The number of fused-ring (bicyclic) bond motifs is 4. The lowest BCUT2D eigenvalue weighted by Crippen LogP contribution is -2.56. The summed E-state index contributed by atoms with van der Waals surface area (Å²) < 4.78 is 1.85. The van der Waals surface area contributed by atoms with Crippen molar-refractivity contribution in [1.82, 2.24) is 14.8 Å². The van der Waals surface area contributed by atoms with Crippen LogP contribution in [0.5, 0.6) is 0 Å². The predicted octanol–water partition coefficient (Wildman–Crippen LogP) is 2.95. The molecule has 1 fully saturated rings. The van der Waals surface area contributed by atoms with Crippen LogP contribution < -0.4 is 16.2 Å². The van der Waals surface area contributed by atoms with Gasteiger partial charge in [0, 0.05) is 43.0 Å². The monoisotopic (exact) mass is 422 g/mol. The molecule has 2 aliphatic rings. The van der Waals surface area contributed by atoms with Gasteiger partial charge in [-0.3, -0.25) is 9.59 Å². The third-order valence-corrected chi connectivity index (χ3v) is 6.31. The molecule has 0 radical (unpaired) electrons. The highest BCUT2D eigenvalue weighted by Gasteiger charge is 2.37. The van der Waals surface area contributed by atoms with E-state index in [9.17, 15) is 14.4 Å². The highest BCUT2D eigenvalue weighted by molar-refractivity contribution is 5.97. The number of rotatable bonds is 4. The Bertz CT molecular complexity index is 1030. The number of aromatic nitrogens is 1. The number of likely N-dealkylation sites (tertiary alicyclic amines) is 1. The Hall–Kier alpha value is -3.09. The van der Waals surface area contributed by atoms with E-state index in [1.807, 2.05) is 55.7 Å². The Balaban J connectivity index is 1.44. The normalized spacial score (nSPS) is 20.7. The summed E-state index contributed by atoms with van der Waals surface area (Å²) in [5.41, 5.74) is 2.85. The van der Waals surface area contributed by atoms with Gasteiger partial charge in [0.05, 0.1) is 0 Å². The lowest BCUT2D eigenvalue weighted by atomic mass is 9.83. The van der Waals surface area contributed by atoms with Gasteiger partial charge in [0.2, 0.25) is 5.91 Å². The molecule has 0 aliphatic carbocycles. The van der Waals surface area contributed by atoms with Crippen molar-refractivity contribution in [1.29, 1.82) is 0 Å². The van der Waals surface area contributed by atoms with Gasteiger partial charge >= 0.3 is 6.03 Å². The van der Waals surface area contributed by atoms with Gasteiger partial charge in [-0.25, -0.2) is 4.79 Å². The molecule has 3 heterocycles. The standard InChI is InChI=1S/C24H30N4O3/c1-15(2)22(23(30)25-19-9-7-16(3)8-10-19)26-24(31)27-12-17-11-18(14-27)20-5-4-6-21(29)28(20)13-17/h4-10,15,17-18,22H,11-14H2,1-3H3,(H,25,30)(H,26,31)/t17-,18+,22-/m0/s1. The second-order valence-corrected chi connectivity index (χ2v) is 9.13. The lowest BCUT2D eigenvalue weighted by molar-refractivity contribution is -0.118. The number of hydrogen-bond donors (Lipinski definition) is 2. The summed E-state index contributed by atoms with van der Waals surface area (Å²) >= 11 is 0. The van der Waals surface area contributed by atoms with Crippen molar-refractivity contribution in [3.63, 3.8) is 0 Å². The van der Waals surface area contributed by atoms with Crippen molar-refractivity contribution < 1.29 is 9.59 Å². The Kier molecular flexibility index (Phi) is 5.85. The molecule has 3 atom stereocenters. The highest BCUT2D eigenvalue weighted by Crippen LogP contribution is 2.34. The molecule has 0 unspecified atom stereocenters. The lowest BCUT2D eigenvalue weighted by Gasteiger charge is -2.43. The van der Waals surface area contributed by atoms with E-state index in [4.69, 9.17) is 0 Å². The van der Waals surface area contributed by atoms with E-state index < -0.39 is 6.04 Å². The summed E-state index contributed by atoms with van der Waals surface area (Å²) in [5.74, 6) is 0.112. The average Bonchev–Trinajstić information content (AvgIpc) is 2.74. The van der Waals surface area contributed by atoms with Gasteiger partial charge in [0.25, 0.3) is 5.56 Å². The third kappa shape index (κ3) is 4.50. The second kappa shape index (κ2) is 8.57. The molecular weight excluding hydrogens is 392 g/mol. The number of amides is 3. The molecule has 1 aromatic carbocycles. The van der Waals surface area contributed by atoms with Gasteiger partial charge in [0.15, 0.2) is 0 Å². The Morgan fingerprint density at radius 1 is 1.03 bits per heavy atom. The SMILES string of the molecule is Cc1ccc(NC(=O)[C@@H](NC(=O)N2C[C@@H]3C[C@H](C2)c2cccc(=O)n2C3)C(C)C)cc1. The molecule has 7 nitrogen and oxygen atoms in total. The zero-order chi connectivity index (χ0) is 22.1. The third-order valence-electron chi connectivity index (χ3n) is 6.31. The maximum Gasteiger partial charge on any atom is 0.318 e. The van der Waals surface area contributed by atoms with Gasteiger partial charge in [-0.2, -0.15) is 0 Å². The summed E-state index contributed by atoms with van der Waals surface area (Å²) in [6.45, 7) is 7.62. The molecule has 1 aromatic heterocycles. The average molecular weight is 423 g/mol. The Morgan fingerprint density at radius 2 is 1.77 bits per heavy atom. The molecule has 4 rings (SSSR count). The number of benzene rings is 1. The van der Waals surface area contributed by atoms with Crippen molar-refractivity contribution in [2.24, 2.45) is 11.8 Å². The highest BCUT2D eigenvalue weighted by atomic mass is 16.2. The van der Waals surface area contributed by atoms with Gasteiger partial charge < -0.3 is 20.1 Å². The van der Waals surface area contributed by atoms with Crippen LogP contribution in [-0.2, 0) is 11.3 Å². The van der Waals surface area contributed by atoms with Crippen molar-refractivity contribution in [3.05, 3.63) is 64.1 Å².